The second kappa shape index (κ2) is 12.3. The van der Waals surface area contributed by atoms with Crippen molar-refractivity contribution in [1.82, 2.24) is 24.7 Å². The van der Waals surface area contributed by atoms with Crippen LogP contribution in [0.4, 0.5) is 13.2 Å². The van der Waals surface area contributed by atoms with E-state index < -0.39 is 29.5 Å². The summed E-state index contributed by atoms with van der Waals surface area (Å²) in [6.07, 6.45) is 6.90. The second-order valence-electron chi connectivity index (χ2n) is 8.36. The lowest BCUT2D eigenvalue weighted by molar-refractivity contribution is -0.131. The summed E-state index contributed by atoms with van der Waals surface area (Å²) in [4.78, 5) is 25.8. The molecule has 0 aliphatic carbocycles. The first-order valence-electron chi connectivity index (χ1n) is 11.4. The van der Waals surface area contributed by atoms with Crippen LogP contribution in [0.25, 0.3) is 0 Å². The highest BCUT2D eigenvalue weighted by Crippen LogP contribution is 2.29. The molecule has 2 amide bonds. The Hall–Kier alpha value is -2.53. The van der Waals surface area contributed by atoms with Crippen LogP contribution in [-0.2, 0) is 28.9 Å². The number of piperidine rings is 1. The number of nitrogens with one attached hydrogen (secondary N) is 2. The fourth-order valence-corrected chi connectivity index (χ4v) is 5.09. The third kappa shape index (κ3) is 6.99. The molecule has 2 aromatic rings. The lowest BCUT2D eigenvalue weighted by Gasteiger charge is -2.34. The summed E-state index contributed by atoms with van der Waals surface area (Å²) < 4.78 is 44.7. The SMILES string of the molecule is CCCC(NC(=O)C1CCCCN1SCc1c(F)cc(F)cc1F)C(=O)NCc1cnn(C)c1. The molecule has 0 spiro atoms. The van der Waals surface area contributed by atoms with Gasteiger partial charge in [-0.25, -0.2) is 17.5 Å². The summed E-state index contributed by atoms with van der Waals surface area (Å²) >= 11 is 1.14. The van der Waals surface area contributed by atoms with Crippen molar-refractivity contribution in [2.24, 2.45) is 7.05 Å². The molecule has 7 nitrogen and oxygen atoms in total. The normalized spacial score (nSPS) is 17.4. The number of rotatable bonds is 10. The maximum Gasteiger partial charge on any atom is 0.242 e. The first-order chi connectivity index (χ1) is 16.3. The van der Waals surface area contributed by atoms with Crippen molar-refractivity contribution in [2.75, 3.05) is 6.54 Å². The van der Waals surface area contributed by atoms with E-state index in [4.69, 9.17) is 0 Å². The Balaban J connectivity index is 1.61. The number of aryl methyl sites for hydroxylation is 1. The van der Waals surface area contributed by atoms with Crippen LogP contribution >= 0.6 is 11.9 Å². The Kier molecular flexibility index (Phi) is 9.40. The molecule has 2 N–H and O–H groups in total. The molecule has 2 atom stereocenters. The highest BCUT2D eigenvalue weighted by atomic mass is 32.2. The highest BCUT2D eigenvalue weighted by molar-refractivity contribution is 7.96. The van der Waals surface area contributed by atoms with Crippen LogP contribution in [0.3, 0.4) is 0 Å². The summed E-state index contributed by atoms with van der Waals surface area (Å²) in [6, 6.07) is 0.0863. The summed E-state index contributed by atoms with van der Waals surface area (Å²) in [6.45, 7) is 2.81. The highest BCUT2D eigenvalue weighted by Gasteiger charge is 2.32. The molecule has 186 valence electrons. The van der Waals surface area contributed by atoms with Gasteiger partial charge in [0, 0.05) is 55.3 Å². The standard InChI is InChI=1S/C23H30F3N5O2S/c1-3-6-20(22(32)27-11-15-12-28-30(2)13-15)29-23(33)21-7-4-5-8-31(21)34-14-17-18(25)9-16(24)10-19(17)26/h9-10,12-13,20-21H,3-8,11,14H2,1-2H3,(H,27,32)(H,29,33). The Labute approximate surface area is 201 Å². The van der Waals surface area contributed by atoms with Gasteiger partial charge >= 0.3 is 0 Å². The first-order valence-corrected chi connectivity index (χ1v) is 12.3. The van der Waals surface area contributed by atoms with Crippen LogP contribution in [0, 0.1) is 17.5 Å². The lowest BCUT2D eigenvalue weighted by Crippen LogP contribution is -2.53. The summed E-state index contributed by atoms with van der Waals surface area (Å²) in [5.74, 6) is -3.49. The zero-order valence-electron chi connectivity index (χ0n) is 19.3. The molecular weight excluding hydrogens is 467 g/mol. The Morgan fingerprint density at radius 3 is 2.62 bits per heavy atom. The molecule has 0 bridgehead atoms. The molecule has 34 heavy (non-hydrogen) atoms. The third-order valence-corrected chi connectivity index (χ3v) is 6.86. The van der Waals surface area contributed by atoms with Crippen molar-refractivity contribution >= 4 is 23.8 Å². The van der Waals surface area contributed by atoms with Crippen molar-refractivity contribution in [3.8, 4) is 0 Å². The number of nitrogens with zero attached hydrogens (tertiary/aromatic N) is 3. The number of amides is 2. The predicted molar refractivity (Wildman–Crippen MR) is 124 cm³/mol. The topological polar surface area (TPSA) is 79.3 Å². The number of hydrogen-bond donors (Lipinski definition) is 2. The van der Waals surface area contributed by atoms with Crippen LogP contribution in [0.5, 0.6) is 0 Å². The maximum absolute atomic E-state index is 14.0. The molecule has 1 aliphatic rings. The van der Waals surface area contributed by atoms with Crippen molar-refractivity contribution in [3.05, 3.63) is 53.1 Å². The lowest BCUT2D eigenvalue weighted by atomic mass is 10.0. The number of carbonyl (C=O) groups is 2. The minimum Gasteiger partial charge on any atom is -0.350 e. The van der Waals surface area contributed by atoms with Gasteiger partial charge < -0.3 is 10.6 Å². The van der Waals surface area contributed by atoms with Gasteiger partial charge in [-0.05, 0) is 19.3 Å². The van der Waals surface area contributed by atoms with Gasteiger partial charge in [0.15, 0.2) is 0 Å². The molecule has 3 rings (SSSR count). The van der Waals surface area contributed by atoms with E-state index in [1.165, 1.54) is 0 Å². The van der Waals surface area contributed by atoms with E-state index in [0.29, 0.717) is 44.5 Å². The third-order valence-electron chi connectivity index (χ3n) is 5.67. The van der Waals surface area contributed by atoms with Gasteiger partial charge in [-0.3, -0.25) is 14.3 Å². The number of benzene rings is 1. The van der Waals surface area contributed by atoms with Crippen molar-refractivity contribution < 1.29 is 22.8 Å². The van der Waals surface area contributed by atoms with Gasteiger partial charge in [0.1, 0.15) is 23.5 Å². The smallest absolute Gasteiger partial charge is 0.242 e. The van der Waals surface area contributed by atoms with Crippen molar-refractivity contribution in [1.29, 1.82) is 0 Å². The van der Waals surface area contributed by atoms with Gasteiger partial charge in [0.05, 0.1) is 12.2 Å². The minimum absolute atomic E-state index is 0.0638. The van der Waals surface area contributed by atoms with Crippen LogP contribution < -0.4 is 10.6 Å². The molecular formula is C23H30F3N5O2S. The molecule has 1 aliphatic heterocycles. The molecule has 0 saturated carbocycles. The van der Waals surface area contributed by atoms with Crippen LogP contribution in [0.2, 0.25) is 0 Å². The molecule has 2 heterocycles. The molecule has 1 aromatic heterocycles. The molecule has 2 unspecified atom stereocenters. The van der Waals surface area contributed by atoms with E-state index in [1.54, 1.807) is 28.4 Å². The summed E-state index contributed by atoms with van der Waals surface area (Å²) in [5, 5.41) is 9.77. The van der Waals surface area contributed by atoms with E-state index in [-0.39, 0.29) is 23.1 Å². The molecule has 1 saturated heterocycles. The molecule has 11 heteroatoms. The molecule has 0 radical (unpaired) electrons. The van der Waals surface area contributed by atoms with Crippen LogP contribution in [0.1, 0.15) is 50.2 Å². The summed E-state index contributed by atoms with van der Waals surface area (Å²) in [7, 11) is 1.79. The number of aromatic nitrogens is 2. The zero-order valence-corrected chi connectivity index (χ0v) is 20.1. The number of hydrogen-bond acceptors (Lipinski definition) is 5. The van der Waals surface area contributed by atoms with E-state index in [9.17, 15) is 22.8 Å². The van der Waals surface area contributed by atoms with Crippen molar-refractivity contribution in [2.45, 2.75) is 63.4 Å². The van der Waals surface area contributed by atoms with E-state index in [0.717, 1.165) is 30.4 Å². The predicted octanol–water partition coefficient (Wildman–Crippen LogP) is 3.44. The van der Waals surface area contributed by atoms with Gasteiger partial charge in [-0.15, -0.1) is 0 Å². The van der Waals surface area contributed by atoms with E-state index in [1.807, 2.05) is 6.92 Å². The first kappa shape index (κ1) is 26.1. The van der Waals surface area contributed by atoms with Gasteiger partial charge in [-0.2, -0.15) is 5.10 Å². The summed E-state index contributed by atoms with van der Waals surface area (Å²) in [5.41, 5.74) is 0.627. The average molecular weight is 498 g/mol. The zero-order chi connectivity index (χ0) is 24.7. The molecule has 1 fully saturated rings. The van der Waals surface area contributed by atoms with Gasteiger partial charge in [-0.1, -0.05) is 31.7 Å². The Morgan fingerprint density at radius 2 is 1.97 bits per heavy atom. The van der Waals surface area contributed by atoms with Crippen LogP contribution in [-0.4, -0.2) is 44.5 Å². The van der Waals surface area contributed by atoms with E-state index >= 15 is 0 Å². The Bertz CT molecular complexity index is 980. The second-order valence-corrected chi connectivity index (χ2v) is 9.38. The van der Waals surface area contributed by atoms with Gasteiger partial charge in [0.2, 0.25) is 11.8 Å². The quantitative estimate of drug-likeness (QED) is 0.492. The average Bonchev–Trinajstić information content (AvgIpc) is 3.21. The number of halogens is 3. The van der Waals surface area contributed by atoms with E-state index in [2.05, 4.69) is 15.7 Å². The monoisotopic (exact) mass is 497 g/mol. The van der Waals surface area contributed by atoms with Crippen molar-refractivity contribution in [3.63, 3.8) is 0 Å². The van der Waals surface area contributed by atoms with Gasteiger partial charge in [0.25, 0.3) is 0 Å². The largest absolute Gasteiger partial charge is 0.350 e. The Morgan fingerprint density at radius 1 is 1.24 bits per heavy atom. The number of carbonyl (C=O) groups excluding carboxylic acids is 2. The van der Waals surface area contributed by atoms with Crippen LogP contribution in [0.15, 0.2) is 24.5 Å². The minimum atomic E-state index is -0.970. The fraction of sp³-hybridized carbons (Fsp3) is 0.522. The molecule has 1 aromatic carbocycles. The fourth-order valence-electron chi connectivity index (χ4n) is 3.88. The maximum atomic E-state index is 14.0.